The minimum Gasteiger partial charge on any atom is -0.345 e. The van der Waals surface area contributed by atoms with Crippen molar-refractivity contribution in [1.82, 2.24) is 4.90 Å². The standard InChI is InChI=1S/C14H28N2OS/c1-16(10-7-11-18-2)13(17)14(12-15)8-5-3-4-6-9-14/h3-12,15H2,1-2H3. The lowest BCUT2D eigenvalue weighted by Crippen LogP contribution is -2.46. The normalized spacial score (nSPS) is 19.3. The van der Waals surface area contributed by atoms with Crippen LogP contribution in [0.2, 0.25) is 0 Å². The van der Waals surface area contributed by atoms with E-state index >= 15 is 0 Å². The molecule has 0 spiro atoms. The molecule has 3 nitrogen and oxygen atoms in total. The molecule has 1 saturated carbocycles. The summed E-state index contributed by atoms with van der Waals surface area (Å²) in [6, 6.07) is 0. The van der Waals surface area contributed by atoms with Gasteiger partial charge in [0.1, 0.15) is 0 Å². The second kappa shape index (κ2) is 8.05. The van der Waals surface area contributed by atoms with Crippen molar-refractivity contribution in [2.24, 2.45) is 11.1 Å². The average Bonchev–Trinajstić information content (AvgIpc) is 2.64. The molecule has 18 heavy (non-hydrogen) atoms. The Hall–Kier alpha value is -0.220. The van der Waals surface area contributed by atoms with Crippen molar-refractivity contribution in [1.29, 1.82) is 0 Å². The summed E-state index contributed by atoms with van der Waals surface area (Å²) in [5.41, 5.74) is 5.69. The third kappa shape index (κ3) is 4.16. The van der Waals surface area contributed by atoms with Gasteiger partial charge >= 0.3 is 0 Å². The molecule has 0 aromatic heterocycles. The summed E-state index contributed by atoms with van der Waals surface area (Å²) in [4.78, 5) is 14.5. The fourth-order valence-corrected chi connectivity index (χ4v) is 3.28. The molecule has 1 aliphatic rings. The Kier molecular flexibility index (Phi) is 7.08. The zero-order valence-electron chi connectivity index (χ0n) is 11.9. The summed E-state index contributed by atoms with van der Waals surface area (Å²) in [7, 11) is 1.94. The van der Waals surface area contributed by atoms with Crippen molar-refractivity contribution in [3.05, 3.63) is 0 Å². The average molecular weight is 272 g/mol. The Morgan fingerprint density at radius 2 is 1.89 bits per heavy atom. The molecule has 0 saturated heterocycles. The number of nitrogens with zero attached hydrogens (tertiary/aromatic N) is 1. The van der Waals surface area contributed by atoms with Gasteiger partial charge in [0.25, 0.3) is 0 Å². The summed E-state index contributed by atoms with van der Waals surface area (Å²) >= 11 is 1.84. The lowest BCUT2D eigenvalue weighted by Gasteiger charge is -2.34. The predicted octanol–water partition coefficient (Wildman–Crippen LogP) is 2.50. The number of rotatable bonds is 6. The van der Waals surface area contributed by atoms with E-state index in [1.54, 1.807) is 0 Å². The molecule has 106 valence electrons. The molecule has 0 aromatic rings. The second-order valence-corrected chi connectivity index (χ2v) is 6.46. The van der Waals surface area contributed by atoms with E-state index in [-0.39, 0.29) is 11.3 Å². The van der Waals surface area contributed by atoms with Gasteiger partial charge in [-0.2, -0.15) is 11.8 Å². The van der Waals surface area contributed by atoms with Crippen LogP contribution in [0.25, 0.3) is 0 Å². The van der Waals surface area contributed by atoms with E-state index in [1.165, 1.54) is 12.8 Å². The van der Waals surface area contributed by atoms with E-state index in [4.69, 9.17) is 5.73 Å². The summed E-state index contributed by atoms with van der Waals surface area (Å²) in [5.74, 6) is 1.40. The molecular weight excluding hydrogens is 244 g/mol. The van der Waals surface area contributed by atoms with Crippen LogP contribution in [0, 0.1) is 5.41 Å². The fourth-order valence-electron chi connectivity index (χ4n) is 2.86. The maximum atomic E-state index is 12.6. The third-order valence-corrected chi connectivity index (χ3v) is 4.79. The number of thioether (sulfide) groups is 1. The van der Waals surface area contributed by atoms with Crippen LogP contribution in [-0.2, 0) is 4.79 Å². The fraction of sp³-hybridized carbons (Fsp3) is 0.929. The Morgan fingerprint density at radius 3 is 2.39 bits per heavy atom. The minimum atomic E-state index is -0.259. The topological polar surface area (TPSA) is 46.3 Å². The largest absolute Gasteiger partial charge is 0.345 e. The van der Waals surface area contributed by atoms with Crippen LogP contribution in [-0.4, -0.2) is 43.0 Å². The number of amides is 1. The van der Waals surface area contributed by atoms with Gasteiger partial charge in [0, 0.05) is 20.1 Å². The van der Waals surface area contributed by atoms with Gasteiger partial charge in [-0.25, -0.2) is 0 Å². The maximum Gasteiger partial charge on any atom is 0.229 e. The highest BCUT2D eigenvalue weighted by Gasteiger charge is 2.38. The van der Waals surface area contributed by atoms with E-state index in [9.17, 15) is 4.79 Å². The van der Waals surface area contributed by atoms with E-state index in [0.717, 1.165) is 44.4 Å². The molecule has 0 bridgehead atoms. The maximum absolute atomic E-state index is 12.6. The highest BCUT2D eigenvalue weighted by Crippen LogP contribution is 2.35. The van der Waals surface area contributed by atoms with Gasteiger partial charge in [0.2, 0.25) is 5.91 Å². The van der Waals surface area contributed by atoms with Gasteiger partial charge in [-0.1, -0.05) is 25.7 Å². The molecule has 0 heterocycles. The lowest BCUT2D eigenvalue weighted by molar-refractivity contribution is -0.141. The summed E-state index contributed by atoms with van der Waals surface area (Å²) in [5, 5.41) is 0. The number of carbonyl (C=O) groups is 1. The summed E-state index contributed by atoms with van der Waals surface area (Å²) in [6.45, 7) is 1.38. The highest BCUT2D eigenvalue weighted by atomic mass is 32.2. The van der Waals surface area contributed by atoms with Crippen LogP contribution in [0.3, 0.4) is 0 Å². The van der Waals surface area contributed by atoms with Gasteiger partial charge in [0.05, 0.1) is 5.41 Å². The van der Waals surface area contributed by atoms with Gasteiger partial charge in [0.15, 0.2) is 0 Å². The smallest absolute Gasteiger partial charge is 0.229 e. The Labute approximate surface area is 116 Å². The molecule has 2 N–H and O–H groups in total. The van der Waals surface area contributed by atoms with Crippen LogP contribution in [0.15, 0.2) is 0 Å². The first-order valence-electron chi connectivity index (χ1n) is 7.11. The summed E-state index contributed by atoms with van der Waals surface area (Å²) < 4.78 is 0. The van der Waals surface area contributed by atoms with E-state index in [0.29, 0.717) is 6.54 Å². The Balaban J connectivity index is 2.58. The third-order valence-electron chi connectivity index (χ3n) is 4.09. The first-order chi connectivity index (χ1) is 8.66. The Bertz CT molecular complexity index is 250. The Morgan fingerprint density at radius 1 is 1.28 bits per heavy atom. The lowest BCUT2D eigenvalue weighted by atomic mass is 9.79. The van der Waals surface area contributed by atoms with Crippen LogP contribution < -0.4 is 5.73 Å². The van der Waals surface area contributed by atoms with Crippen molar-refractivity contribution in [2.45, 2.75) is 44.9 Å². The zero-order valence-corrected chi connectivity index (χ0v) is 12.7. The minimum absolute atomic E-state index is 0.259. The van der Waals surface area contributed by atoms with Crippen molar-refractivity contribution >= 4 is 17.7 Å². The van der Waals surface area contributed by atoms with Crippen molar-refractivity contribution in [3.8, 4) is 0 Å². The molecule has 0 unspecified atom stereocenters. The zero-order chi connectivity index (χ0) is 13.4. The van der Waals surface area contributed by atoms with Gasteiger partial charge in [-0.15, -0.1) is 0 Å². The molecule has 1 aliphatic carbocycles. The molecule has 1 amide bonds. The van der Waals surface area contributed by atoms with E-state index in [1.807, 2.05) is 23.7 Å². The molecule has 1 fully saturated rings. The van der Waals surface area contributed by atoms with Crippen LogP contribution in [0.5, 0.6) is 0 Å². The van der Waals surface area contributed by atoms with Crippen molar-refractivity contribution < 1.29 is 4.79 Å². The van der Waals surface area contributed by atoms with Crippen LogP contribution in [0.1, 0.15) is 44.9 Å². The number of hydrogen-bond acceptors (Lipinski definition) is 3. The van der Waals surface area contributed by atoms with Crippen molar-refractivity contribution in [3.63, 3.8) is 0 Å². The molecule has 1 rings (SSSR count). The van der Waals surface area contributed by atoms with Crippen LogP contribution >= 0.6 is 11.8 Å². The quantitative estimate of drug-likeness (QED) is 0.597. The molecule has 0 aromatic carbocycles. The summed E-state index contributed by atoms with van der Waals surface area (Å²) in [6.07, 6.45) is 9.96. The number of hydrogen-bond donors (Lipinski definition) is 1. The monoisotopic (exact) mass is 272 g/mol. The predicted molar refractivity (Wildman–Crippen MR) is 79.8 cm³/mol. The second-order valence-electron chi connectivity index (χ2n) is 5.47. The van der Waals surface area contributed by atoms with Crippen LogP contribution in [0.4, 0.5) is 0 Å². The SMILES string of the molecule is CSCCCN(C)C(=O)C1(CN)CCCCCC1. The first kappa shape index (κ1) is 15.8. The highest BCUT2D eigenvalue weighted by molar-refractivity contribution is 7.98. The molecule has 4 heteroatoms. The number of carbonyl (C=O) groups excluding carboxylic acids is 1. The van der Waals surface area contributed by atoms with Gasteiger partial charge < -0.3 is 10.6 Å². The van der Waals surface area contributed by atoms with E-state index in [2.05, 4.69) is 6.26 Å². The van der Waals surface area contributed by atoms with Crippen molar-refractivity contribution in [2.75, 3.05) is 32.1 Å². The number of nitrogens with two attached hydrogens (primary N) is 1. The first-order valence-corrected chi connectivity index (χ1v) is 8.50. The van der Waals surface area contributed by atoms with Gasteiger partial charge in [-0.3, -0.25) is 4.79 Å². The van der Waals surface area contributed by atoms with Gasteiger partial charge in [-0.05, 0) is 31.3 Å². The van der Waals surface area contributed by atoms with E-state index < -0.39 is 0 Å². The molecule has 0 aliphatic heterocycles. The molecule has 0 atom stereocenters. The molecular formula is C14H28N2OS. The molecule has 0 radical (unpaired) electrons.